The first-order chi connectivity index (χ1) is 6.86. The molecule has 0 heterocycles. The molecule has 1 aromatic carbocycles. The van der Waals surface area contributed by atoms with Crippen molar-refractivity contribution in [2.24, 2.45) is 0 Å². The highest BCUT2D eigenvalue weighted by Gasteiger charge is 2.05. The third-order valence-corrected chi connectivity index (χ3v) is 2.72. The van der Waals surface area contributed by atoms with Gasteiger partial charge in [-0.3, -0.25) is 0 Å². The van der Waals surface area contributed by atoms with Crippen LogP contribution in [0.4, 0.5) is 0 Å². The van der Waals surface area contributed by atoms with Gasteiger partial charge in [-0.15, -0.1) is 0 Å². The van der Waals surface area contributed by atoms with Gasteiger partial charge in [-0.05, 0) is 30.1 Å². The van der Waals surface area contributed by atoms with Gasteiger partial charge in [-0.2, -0.15) is 0 Å². The summed E-state index contributed by atoms with van der Waals surface area (Å²) in [5.41, 5.74) is 2.41. The van der Waals surface area contributed by atoms with Gasteiger partial charge >= 0.3 is 0 Å². The molecule has 0 N–H and O–H groups in total. The SMILES string of the molecule is S=C1CCC=C/C1=C\c1ccccc1. The lowest BCUT2D eigenvalue weighted by Crippen LogP contribution is -2.00. The van der Waals surface area contributed by atoms with E-state index in [2.05, 4.69) is 30.4 Å². The maximum atomic E-state index is 5.31. The molecule has 0 spiro atoms. The third kappa shape index (κ3) is 2.18. The average Bonchev–Trinajstić information content (AvgIpc) is 2.23. The molecule has 0 atom stereocenters. The van der Waals surface area contributed by atoms with Gasteiger partial charge in [-0.1, -0.05) is 54.7 Å². The smallest absolute Gasteiger partial charge is 0.0227 e. The molecule has 0 aliphatic heterocycles. The van der Waals surface area contributed by atoms with Gasteiger partial charge in [0.25, 0.3) is 0 Å². The van der Waals surface area contributed by atoms with Gasteiger partial charge in [0.05, 0.1) is 0 Å². The Morgan fingerprint density at radius 3 is 2.64 bits per heavy atom. The van der Waals surface area contributed by atoms with Crippen molar-refractivity contribution < 1.29 is 0 Å². The summed E-state index contributed by atoms with van der Waals surface area (Å²) in [4.78, 5) is 1.08. The fraction of sp³-hybridized carbons (Fsp3) is 0.154. The Hall–Kier alpha value is -1.21. The van der Waals surface area contributed by atoms with Crippen LogP contribution in [0, 0.1) is 0 Å². The minimum absolute atomic E-state index is 1.02. The minimum atomic E-state index is 1.02. The summed E-state index contributed by atoms with van der Waals surface area (Å²) in [5.74, 6) is 0. The molecule has 0 aromatic heterocycles. The maximum absolute atomic E-state index is 5.31. The highest BCUT2D eigenvalue weighted by Crippen LogP contribution is 2.17. The van der Waals surface area contributed by atoms with E-state index in [-0.39, 0.29) is 0 Å². The molecule has 0 saturated carbocycles. The first-order valence-electron chi connectivity index (χ1n) is 4.83. The van der Waals surface area contributed by atoms with E-state index in [1.807, 2.05) is 18.2 Å². The van der Waals surface area contributed by atoms with Crippen LogP contribution in [0.5, 0.6) is 0 Å². The van der Waals surface area contributed by atoms with Gasteiger partial charge in [0.2, 0.25) is 0 Å². The minimum Gasteiger partial charge on any atom is -0.0843 e. The molecule has 14 heavy (non-hydrogen) atoms. The second-order valence-corrected chi connectivity index (χ2v) is 3.87. The molecule has 1 aromatic rings. The molecule has 0 unspecified atom stereocenters. The topological polar surface area (TPSA) is 0 Å². The molecule has 70 valence electrons. The molecule has 1 heteroatoms. The Bertz CT molecular complexity index is 385. The van der Waals surface area contributed by atoms with Crippen molar-refractivity contribution in [1.29, 1.82) is 0 Å². The van der Waals surface area contributed by atoms with Gasteiger partial charge < -0.3 is 0 Å². The Labute approximate surface area is 90.0 Å². The number of allylic oxidation sites excluding steroid dienone is 3. The molecule has 2 rings (SSSR count). The largest absolute Gasteiger partial charge is 0.0843 e. The van der Waals surface area contributed by atoms with Crippen molar-refractivity contribution in [3.8, 4) is 0 Å². The normalized spacial score (nSPS) is 18.9. The van der Waals surface area contributed by atoms with E-state index in [1.165, 1.54) is 11.1 Å². The molecule has 0 nitrogen and oxygen atoms in total. The highest BCUT2D eigenvalue weighted by molar-refractivity contribution is 7.80. The number of rotatable bonds is 1. The molecule has 0 fully saturated rings. The summed E-state index contributed by atoms with van der Waals surface area (Å²) < 4.78 is 0. The Morgan fingerprint density at radius 1 is 1.14 bits per heavy atom. The molecule has 1 aliphatic rings. The van der Waals surface area contributed by atoms with Crippen LogP contribution in [0.1, 0.15) is 18.4 Å². The Morgan fingerprint density at radius 2 is 1.93 bits per heavy atom. The molecule has 0 saturated heterocycles. The highest BCUT2D eigenvalue weighted by atomic mass is 32.1. The molecule has 1 aliphatic carbocycles. The summed E-state index contributed by atoms with van der Waals surface area (Å²) in [7, 11) is 0. The maximum Gasteiger partial charge on any atom is 0.0227 e. The van der Waals surface area contributed by atoms with E-state index < -0.39 is 0 Å². The van der Waals surface area contributed by atoms with E-state index >= 15 is 0 Å². The molecule has 0 radical (unpaired) electrons. The zero-order valence-corrected chi connectivity index (χ0v) is 8.76. The zero-order chi connectivity index (χ0) is 9.80. The summed E-state index contributed by atoms with van der Waals surface area (Å²) >= 11 is 5.31. The first kappa shape index (κ1) is 9.35. The van der Waals surface area contributed by atoms with Gasteiger partial charge in [0.15, 0.2) is 0 Å². The Balaban J connectivity index is 2.30. The fourth-order valence-electron chi connectivity index (χ4n) is 1.52. The third-order valence-electron chi connectivity index (χ3n) is 2.28. The molecular formula is C13H12S. The summed E-state index contributed by atoms with van der Waals surface area (Å²) in [5, 5.41) is 0. The van der Waals surface area contributed by atoms with Crippen molar-refractivity contribution in [2.45, 2.75) is 12.8 Å². The average molecular weight is 200 g/mol. The second-order valence-electron chi connectivity index (χ2n) is 3.37. The van der Waals surface area contributed by atoms with Gasteiger partial charge in [0.1, 0.15) is 0 Å². The van der Waals surface area contributed by atoms with E-state index in [1.54, 1.807) is 0 Å². The van der Waals surface area contributed by atoms with E-state index in [9.17, 15) is 0 Å². The van der Waals surface area contributed by atoms with Crippen LogP contribution in [-0.2, 0) is 0 Å². The predicted octanol–water partition coefficient (Wildman–Crippen LogP) is 3.79. The monoisotopic (exact) mass is 200 g/mol. The molecular weight excluding hydrogens is 188 g/mol. The fourth-order valence-corrected chi connectivity index (χ4v) is 1.76. The number of thiocarbonyl (C=S) groups is 1. The van der Waals surface area contributed by atoms with Crippen molar-refractivity contribution in [2.75, 3.05) is 0 Å². The van der Waals surface area contributed by atoms with Crippen LogP contribution in [0.25, 0.3) is 6.08 Å². The predicted molar refractivity (Wildman–Crippen MR) is 65.4 cm³/mol. The number of hydrogen-bond acceptors (Lipinski definition) is 1. The van der Waals surface area contributed by atoms with Crippen LogP contribution in [-0.4, -0.2) is 4.86 Å². The Kier molecular flexibility index (Phi) is 2.90. The van der Waals surface area contributed by atoms with Crippen molar-refractivity contribution in [3.63, 3.8) is 0 Å². The standard InChI is InChI=1S/C13H12S/c14-13-9-5-4-8-12(13)10-11-6-2-1-3-7-11/h1-4,6-8,10H,5,9H2/b12-10+. The van der Waals surface area contributed by atoms with E-state index in [0.717, 1.165) is 17.7 Å². The number of hydrogen-bond donors (Lipinski definition) is 0. The molecule has 0 bridgehead atoms. The van der Waals surface area contributed by atoms with Gasteiger partial charge in [0, 0.05) is 4.86 Å². The van der Waals surface area contributed by atoms with Crippen LogP contribution < -0.4 is 0 Å². The second kappa shape index (κ2) is 4.34. The summed E-state index contributed by atoms with van der Waals surface area (Å²) in [6.07, 6.45) is 8.57. The lowest BCUT2D eigenvalue weighted by Gasteiger charge is -2.08. The summed E-state index contributed by atoms with van der Waals surface area (Å²) in [6, 6.07) is 10.3. The van der Waals surface area contributed by atoms with Gasteiger partial charge in [-0.25, -0.2) is 0 Å². The van der Waals surface area contributed by atoms with Crippen LogP contribution in [0.2, 0.25) is 0 Å². The van der Waals surface area contributed by atoms with Crippen molar-refractivity contribution in [3.05, 3.63) is 53.6 Å². The van der Waals surface area contributed by atoms with E-state index in [0.29, 0.717) is 0 Å². The zero-order valence-electron chi connectivity index (χ0n) is 7.94. The van der Waals surface area contributed by atoms with Crippen molar-refractivity contribution >= 4 is 23.2 Å². The summed E-state index contributed by atoms with van der Waals surface area (Å²) in [6.45, 7) is 0. The molecule has 0 amide bonds. The van der Waals surface area contributed by atoms with Crippen LogP contribution >= 0.6 is 12.2 Å². The number of benzene rings is 1. The lowest BCUT2D eigenvalue weighted by atomic mass is 9.99. The quantitative estimate of drug-likeness (QED) is 0.491. The van der Waals surface area contributed by atoms with E-state index in [4.69, 9.17) is 12.2 Å². The first-order valence-corrected chi connectivity index (χ1v) is 5.23. The van der Waals surface area contributed by atoms with Crippen LogP contribution in [0.3, 0.4) is 0 Å². The lowest BCUT2D eigenvalue weighted by molar-refractivity contribution is 1.09. The van der Waals surface area contributed by atoms with Crippen molar-refractivity contribution in [1.82, 2.24) is 0 Å². The van der Waals surface area contributed by atoms with Crippen LogP contribution in [0.15, 0.2) is 48.1 Å².